The van der Waals surface area contributed by atoms with E-state index >= 15 is 0 Å². The van der Waals surface area contributed by atoms with Crippen molar-refractivity contribution < 1.29 is 9.59 Å². The number of hydrogen-bond donors (Lipinski definition) is 2. The Morgan fingerprint density at radius 3 is 2.31 bits per heavy atom. The first-order valence-corrected chi connectivity index (χ1v) is 12.4. The lowest BCUT2D eigenvalue weighted by molar-refractivity contribution is -0.134. The molecule has 1 saturated heterocycles. The zero-order chi connectivity index (χ0) is 24.7. The highest BCUT2D eigenvalue weighted by Crippen LogP contribution is 2.28. The number of H-pyrrole nitrogens is 1. The second-order valence-electron chi connectivity index (χ2n) is 9.05. The van der Waals surface area contributed by atoms with Crippen molar-refractivity contribution >= 4 is 17.5 Å². The molecule has 3 aromatic carbocycles. The minimum Gasteiger partial charge on any atom is -0.343 e. The Balaban J connectivity index is 1.18. The summed E-state index contributed by atoms with van der Waals surface area (Å²) < 4.78 is 0. The largest absolute Gasteiger partial charge is 0.343 e. The Morgan fingerprint density at radius 1 is 0.889 bits per heavy atom. The summed E-state index contributed by atoms with van der Waals surface area (Å²) in [6.07, 6.45) is 2.55. The molecule has 5 rings (SSSR count). The van der Waals surface area contributed by atoms with Crippen molar-refractivity contribution in [3.63, 3.8) is 0 Å². The van der Waals surface area contributed by atoms with Crippen molar-refractivity contribution in [3.8, 4) is 22.8 Å². The topological polar surface area (TPSA) is 91.0 Å². The number of hydrogen-bond acceptors (Lipinski definition) is 4. The molecule has 2 N–H and O–H groups in total. The molecule has 7 heteroatoms. The summed E-state index contributed by atoms with van der Waals surface area (Å²) >= 11 is 0. The van der Waals surface area contributed by atoms with E-state index < -0.39 is 0 Å². The third-order valence-electron chi connectivity index (χ3n) is 6.65. The molecule has 0 spiro atoms. The van der Waals surface area contributed by atoms with E-state index in [0.29, 0.717) is 49.7 Å². The van der Waals surface area contributed by atoms with Crippen molar-refractivity contribution in [3.05, 3.63) is 90.5 Å². The highest BCUT2D eigenvalue weighted by molar-refractivity contribution is 5.96. The van der Waals surface area contributed by atoms with Crippen molar-refractivity contribution in [2.24, 2.45) is 5.92 Å². The minimum absolute atomic E-state index is 0.0263. The fraction of sp³-hybridized carbons (Fsp3) is 0.241. The van der Waals surface area contributed by atoms with Gasteiger partial charge in [0.2, 0.25) is 11.8 Å². The SMILES string of the molecule is O=C(Nc1ccccc1-c1nc(-c2ccccc2)n[nH]1)C1CCN(C(=O)CCc2ccccc2)CC1. The van der Waals surface area contributed by atoms with Gasteiger partial charge in [-0.05, 0) is 37.0 Å². The van der Waals surface area contributed by atoms with Gasteiger partial charge < -0.3 is 10.2 Å². The fourth-order valence-corrected chi connectivity index (χ4v) is 4.58. The average molecular weight is 480 g/mol. The molecule has 1 aromatic heterocycles. The van der Waals surface area contributed by atoms with Gasteiger partial charge in [-0.25, -0.2) is 4.98 Å². The van der Waals surface area contributed by atoms with Crippen LogP contribution in [0.1, 0.15) is 24.8 Å². The van der Waals surface area contributed by atoms with Crippen LogP contribution in [0.4, 0.5) is 5.69 Å². The van der Waals surface area contributed by atoms with Gasteiger partial charge in [0.25, 0.3) is 0 Å². The van der Waals surface area contributed by atoms with Gasteiger partial charge in [-0.15, -0.1) is 0 Å². The molecule has 0 aliphatic carbocycles. The number of nitrogens with zero attached hydrogens (tertiary/aromatic N) is 3. The summed E-state index contributed by atoms with van der Waals surface area (Å²) in [6.45, 7) is 1.21. The first-order chi connectivity index (χ1) is 17.7. The first-order valence-electron chi connectivity index (χ1n) is 12.4. The van der Waals surface area contributed by atoms with Crippen LogP contribution in [0.3, 0.4) is 0 Å². The molecule has 0 bridgehead atoms. The van der Waals surface area contributed by atoms with Crippen LogP contribution in [-0.2, 0) is 16.0 Å². The normalized spacial score (nSPS) is 13.9. The number of piperidine rings is 1. The van der Waals surface area contributed by atoms with Crippen molar-refractivity contribution in [2.45, 2.75) is 25.7 Å². The number of aromatic nitrogens is 3. The summed E-state index contributed by atoms with van der Waals surface area (Å²) in [7, 11) is 0. The number of rotatable bonds is 7. The minimum atomic E-state index is -0.133. The molecular formula is C29H29N5O2. The maximum Gasteiger partial charge on any atom is 0.227 e. The van der Waals surface area contributed by atoms with Gasteiger partial charge in [0.15, 0.2) is 11.6 Å². The highest BCUT2D eigenvalue weighted by atomic mass is 16.2. The van der Waals surface area contributed by atoms with E-state index in [2.05, 4.69) is 20.5 Å². The van der Waals surface area contributed by atoms with Gasteiger partial charge in [-0.2, -0.15) is 5.10 Å². The Morgan fingerprint density at radius 2 is 1.56 bits per heavy atom. The lowest BCUT2D eigenvalue weighted by Gasteiger charge is -2.31. The van der Waals surface area contributed by atoms with E-state index in [0.717, 1.165) is 17.5 Å². The summed E-state index contributed by atoms with van der Waals surface area (Å²) in [5.74, 6) is 1.20. The Kier molecular flexibility index (Phi) is 7.17. The van der Waals surface area contributed by atoms with Gasteiger partial charge in [-0.1, -0.05) is 72.8 Å². The molecule has 0 saturated carbocycles. The third kappa shape index (κ3) is 5.51. The number of nitrogens with one attached hydrogen (secondary N) is 2. The molecule has 2 heterocycles. The van der Waals surface area contributed by atoms with Crippen LogP contribution in [-0.4, -0.2) is 45.0 Å². The number of carbonyl (C=O) groups is 2. The number of para-hydroxylation sites is 1. The number of amides is 2. The Hall–Kier alpha value is -4.26. The molecule has 36 heavy (non-hydrogen) atoms. The highest BCUT2D eigenvalue weighted by Gasteiger charge is 2.27. The zero-order valence-corrected chi connectivity index (χ0v) is 20.1. The molecule has 0 radical (unpaired) electrons. The lowest BCUT2D eigenvalue weighted by Crippen LogP contribution is -2.41. The van der Waals surface area contributed by atoms with Crippen LogP contribution in [0.5, 0.6) is 0 Å². The van der Waals surface area contributed by atoms with Crippen LogP contribution < -0.4 is 5.32 Å². The molecule has 182 valence electrons. The van der Waals surface area contributed by atoms with Gasteiger partial charge in [0, 0.05) is 36.6 Å². The van der Waals surface area contributed by atoms with Gasteiger partial charge in [0.1, 0.15) is 0 Å². The number of aromatic amines is 1. The van der Waals surface area contributed by atoms with Crippen LogP contribution in [0.25, 0.3) is 22.8 Å². The van der Waals surface area contributed by atoms with E-state index in [1.54, 1.807) is 0 Å². The molecule has 1 aliphatic heterocycles. The molecular weight excluding hydrogens is 450 g/mol. The average Bonchev–Trinajstić information content (AvgIpc) is 3.43. The number of aryl methyl sites for hydroxylation is 1. The summed E-state index contributed by atoms with van der Waals surface area (Å²) in [5, 5.41) is 10.4. The van der Waals surface area contributed by atoms with E-state index in [1.165, 1.54) is 5.56 Å². The van der Waals surface area contributed by atoms with E-state index in [-0.39, 0.29) is 17.7 Å². The van der Waals surface area contributed by atoms with Crippen LogP contribution in [0, 0.1) is 5.92 Å². The molecule has 0 atom stereocenters. The maximum absolute atomic E-state index is 13.1. The molecule has 0 unspecified atom stereocenters. The zero-order valence-electron chi connectivity index (χ0n) is 20.1. The standard InChI is InChI=1S/C29H29N5O2/c35-26(16-15-21-9-3-1-4-10-21)34-19-17-23(18-20-34)29(36)30-25-14-8-7-13-24(25)28-31-27(32-33-28)22-11-5-2-6-12-22/h1-14,23H,15-20H2,(H,30,36)(H,31,32,33). The lowest BCUT2D eigenvalue weighted by atomic mass is 9.95. The molecule has 2 amide bonds. The van der Waals surface area contributed by atoms with E-state index in [4.69, 9.17) is 0 Å². The van der Waals surface area contributed by atoms with E-state index in [1.807, 2.05) is 89.8 Å². The molecule has 1 aliphatic rings. The Bertz CT molecular complexity index is 1310. The molecule has 1 fully saturated rings. The second kappa shape index (κ2) is 11.0. The maximum atomic E-state index is 13.1. The van der Waals surface area contributed by atoms with E-state index in [9.17, 15) is 9.59 Å². The smallest absolute Gasteiger partial charge is 0.227 e. The summed E-state index contributed by atoms with van der Waals surface area (Å²) in [5.41, 5.74) is 3.57. The van der Waals surface area contributed by atoms with Gasteiger partial charge in [0.05, 0.1) is 5.69 Å². The van der Waals surface area contributed by atoms with Crippen molar-refractivity contribution in [1.82, 2.24) is 20.1 Å². The van der Waals surface area contributed by atoms with Crippen LogP contribution in [0.2, 0.25) is 0 Å². The predicted molar refractivity (Wildman–Crippen MR) is 140 cm³/mol. The van der Waals surface area contributed by atoms with Crippen LogP contribution >= 0.6 is 0 Å². The van der Waals surface area contributed by atoms with Crippen molar-refractivity contribution in [2.75, 3.05) is 18.4 Å². The number of likely N-dealkylation sites (tertiary alicyclic amines) is 1. The predicted octanol–water partition coefficient (Wildman–Crippen LogP) is 4.95. The second-order valence-corrected chi connectivity index (χ2v) is 9.05. The number of carbonyl (C=O) groups excluding carboxylic acids is 2. The third-order valence-corrected chi connectivity index (χ3v) is 6.65. The molecule has 7 nitrogen and oxygen atoms in total. The fourth-order valence-electron chi connectivity index (χ4n) is 4.58. The number of anilines is 1. The first kappa shape index (κ1) is 23.5. The van der Waals surface area contributed by atoms with Crippen molar-refractivity contribution in [1.29, 1.82) is 0 Å². The quantitative estimate of drug-likeness (QED) is 0.392. The summed E-state index contributed by atoms with van der Waals surface area (Å²) in [6, 6.07) is 27.4. The molecule has 4 aromatic rings. The number of benzene rings is 3. The van der Waals surface area contributed by atoms with Gasteiger partial charge in [-0.3, -0.25) is 14.7 Å². The monoisotopic (exact) mass is 479 g/mol. The van der Waals surface area contributed by atoms with Gasteiger partial charge >= 0.3 is 0 Å². The van der Waals surface area contributed by atoms with Crippen LogP contribution in [0.15, 0.2) is 84.9 Å². The Labute approximate surface area is 210 Å². The summed E-state index contributed by atoms with van der Waals surface area (Å²) in [4.78, 5) is 32.3.